The van der Waals surface area contributed by atoms with Crippen molar-refractivity contribution in [3.63, 3.8) is 0 Å². The lowest BCUT2D eigenvalue weighted by Gasteiger charge is -2.27. The number of ether oxygens (including phenoxy) is 1. The Morgan fingerprint density at radius 3 is 2.17 bits per heavy atom. The van der Waals surface area contributed by atoms with Gasteiger partial charge in [-0.25, -0.2) is 0 Å². The fraction of sp³-hybridized carbons (Fsp3) is 0.467. The number of aliphatic hydroxyl groups excluding tert-OH is 1. The van der Waals surface area contributed by atoms with Gasteiger partial charge in [-0.1, -0.05) is 23.2 Å². The number of quaternary nitrogens is 1. The number of benzene rings is 1. The topological polar surface area (TPSA) is 71.3 Å². The molecule has 23 heavy (non-hydrogen) atoms. The molecule has 0 unspecified atom stereocenters. The van der Waals surface area contributed by atoms with Gasteiger partial charge in [-0.15, -0.1) is 0 Å². The lowest BCUT2D eigenvalue weighted by Crippen LogP contribution is -3.15. The number of aliphatic hydroxyl groups is 1. The van der Waals surface area contributed by atoms with E-state index in [4.69, 9.17) is 27.9 Å². The Bertz CT molecular complexity index is 606. The van der Waals surface area contributed by atoms with Crippen LogP contribution in [0.2, 0.25) is 10.0 Å². The van der Waals surface area contributed by atoms with Gasteiger partial charge >= 0.3 is 0 Å². The number of amides is 2. The standard InChI is InChI=1S/C15H16Cl2N2O4/c16-12-5-10-11(6-13(12)17)15(22)19(14(10)21)8-9(20)7-18-1-3-23-4-2-18/h5-6,9,20H,1-4,7-8H2/p+1/t9-/m0/s1. The molecule has 2 amide bonds. The molecule has 0 spiro atoms. The van der Waals surface area contributed by atoms with E-state index in [2.05, 4.69) is 0 Å². The zero-order chi connectivity index (χ0) is 16.6. The Balaban J connectivity index is 1.69. The minimum atomic E-state index is -0.781. The molecule has 0 aliphatic carbocycles. The quantitative estimate of drug-likeness (QED) is 0.734. The first-order valence-electron chi connectivity index (χ1n) is 7.42. The number of imide groups is 1. The second kappa shape index (κ2) is 6.75. The van der Waals surface area contributed by atoms with Crippen molar-refractivity contribution in [2.24, 2.45) is 0 Å². The monoisotopic (exact) mass is 359 g/mol. The molecule has 1 fully saturated rings. The summed E-state index contributed by atoms with van der Waals surface area (Å²) in [5.41, 5.74) is 0.464. The van der Waals surface area contributed by atoms with E-state index in [0.717, 1.165) is 18.0 Å². The Hall–Kier alpha value is -1.18. The van der Waals surface area contributed by atoms with Gasteiger partial charge in [-0.05, 0) is 12.1 Å². The third-order valence-electron chi connectivity index (χ3n) is 4.13. The molecular weight excluding hydrogens is 343 g/mol. The van der Waals surface area contributed by atoms with Crippen LogP contribution in [0.5, 0.6) is 0 Å². The van der Waals surface area contributed by atoms with Gasteiger partial charge in [0.25, 0.3) is 11.8 Å². The van der Waals surface area contributed by atoms with Gasteiger partial charge in [0, 0.05) is 0 Å². The molecule has 2 aliphatic rings. The number of nitrogens with one attached hydrogen (secondary N) is 1. The highest BCUT2D eigenvalue weighted by Gasteiger charge is 2.37. The van der Waals surface area contributed by atoms with Crippen molar-refractivity contribution in [3.8, 4) is 0 Å². The number of hydrogen-bond acceptors (Lipinski definition) is 4. The molecule has 1 atom stereocenters. The predicted octanol–water partition coefficient (Wildman–Crippen LogP) is -0.135. The number of halogens is 2. The largest absolute Gasteiger partial charge is 0.385 e. The predicted molar refractivity (Wildman–Crippen MR) is 84.2 cm³/mol. The van der Waals surface area contributed by atoms with E-state index in [9.17, 15) is 14.7 Å². The second-order valence-corrected chi connectivity index (χ2v) is 6.57. The zero-order valence-electron chi connectivity index (χ0n) is 12.3. The number of rotatable bonds is 4. The van der Waals surface area contributed by atoms with Crippen molar-refractivity contribution in [1.82, 2.24) is 4.90 Å². The third kappa shape index (κ3) is 3.36. The molecule has 3 rings (SSSR count). The first-order valence-corrected chi connectivity index (χ1v) is 8.17. The van der Waals surface area contributed by atoms with Gasteiger partial charge < -0.3 is 14.7 Å². The van der Waals surface area contributed by atoms with Crippen molar-refractivity contribution < 1.29 is 24.3 Å². The van der Waals surface area contributed by atoms with E-state index >= 15 is 0 Å². The number of nitrogens with zero attached hydrogens (tertiary/aromatic N) is 1. The summed E-state index contributed by atoms with van der Waals surface area (Å²) in [7, 11) is 0. The first-order chi connectivity index (χ1) is 11.0. The molecule has 8 heteroatoms. The van der Waals surface area contributed by atoms with Crippen LogP contribution in [0, 0.1) is 0 Å². The summed E-state index contributed by atoms with van der Waals surface area (Å²) in [5.74, 6) is -0.890. The Kier molecular flexibility index (Phi) is 4.89. The van der Waals surface area contributed by atoms with Crippen LogP contribution in [0.4, 0.5) is 0 Å². The minimum absolute atomic E-state index is 0.0358. The molecule has 1 aromatic rings. The third-order valence-corrected chi connectivity index (χ3v) is 4.85. The van der Waals surface area contributed by atoms with Crippen LogP contribution in [0.15, 0.2) is 12.1 Å². The summed E-state index contributed by atoms with van der Waals surface area (Å²) < 4.78 is 5.27. The van der Waals surface area contributed by atoms with Crippen LogP contribution in [-0.2, 0) is 4.74 Å². The molecule has 6 nitrogen and oxygen atoms in total. The average molecular weight is 360 g/mol. The maximum absolute atomic E-state index is 12.4. The second-order valence-electron chi connectivity index (χ2n) is 5.75. The van der Waals surface area contributed by atoms with Crippen molar-refractivity contribution in [2.75, 3.05) is 39.4 Å². The summed E-state index contributed by atoms with van der Waals surface area (Å²) in [6, 6.07) is 2.80. The smallest absolute Gasteiger partial charge is 0.261 e. The SMILES string of the molecule is O=C1c2cc(Cl)c(Cl)cc2C(=O)N1C[C@@H](O)C[NH+]1CCOCC1. The van der Waals surface area contributed by atoms with E-state index in [0.29, 0.717) is 19.8 Å². The molecular formula is C15H17Cl2N2O4+. The average Bonchev–Trinajstić information content (AvgIpc) is 2.74. The molecule has 1 aromatic carbocycles. The Morgan fingerprint density at radius 1 is 1.13 bits per heavy atom. The summed E-state index contributed by atoms with van der Waals surface area (Å²) in [6.45, 7) is 3.37. The van der Waals surface area contributed by atoms with Crippen LogP contribution < -0.4 is 4.90 Å². The molecule has 2 N–H and O–H groups in total. The van der Waals surface area contributed by atoms with E-state index < -0.39 is 17.9 Å². The normalized spacial score (nSPS) is 20.0. The number of morpholine rings is 1. The van der Waals surface area contributed by atoms with Gasteiger partial charge in [0.1, 0.15) is 25.7 Å². The lowest BCUT2D eigenvalue weighted by atomic mass is 10.1. The molecule has 0 radical (unpaired) electrons. The maximum atomic E-state index is 12.4. The van der Waals surface area contributed by atoms with Crippen LogP contribution in [-0.4, -0.2) is 67.3 Å². The molecule has 2 heterocycles. The Morgan fingerprint density at radius 2 is 1.65 bits per heavy atom. The van der Waals surface area contributed by atoms with Crippen LogP contribution in [0.1, 0.15) is 20.7 Å². The minimum Gasteiger partial charge on any atom is -0.385 e. The van der Waals surface area contributed by atoms with Gasteiger partial charge in [0.05, 0.1) is 40.9 Å². The molecule has 0 bridgehead atoms. The van der Waals surface area contributed by atoms with Crippen molar-refractivity contribution in [1.29, 1.82) is 0 Å². The van der Waals surface area contributed by atoms with Crippen molar-refractivity contribution >= 4 is 35.0 Å². The first kappa shape index (κ1) is 16.7. The van der Waals surface area contributed by atoms with Crippen LogP contribution in [0.25, 0.3) is 0 Å². The van der Waals surface area contributed by atoms with Gasteiger partial charge in [-0.3, -0.25) is 14.5 Å². The molecule has 0 saturated carbocycles. The van der Waals surface area contributed by atoms with E-state index in [1.54, 1.807) is 0 Å². The number of carbonyl (C=O) groups excluding carboxylic acids is 2. The molecule has 1 saturated heterocycles. The van der Waals surface area contributed by atoms with E-state index in [-0.39, 0.29) is 27.7 Å². The summed E-state index contributed by atoms with van der Waals surface area (Å²) in [6.07, 6.45) is -0.781. The zero-order valence-corrected chi connectivity index (χ0v) is 13.9. The maximum Gasteiger partial charge on any atom is 0.261 e. The highest BCUT2D eigenvalue weighted by molar-refractivity contribution is 6.43. The number of fused-ring (bicyclic) bond motifs is 1. The fourth-order valence-corrected chi connectivity index (χ4v) is 3.25. The van der Waals surface area contributed by atoms with Crippen molar-refractivity contribution in [3.05, 3.63) is 33.3 Å². The molecule has 2 aliphatic heterocycles. The van der Waals surface area contributed by atoms with Crippen LogP contribution >= 0.6 is 23.2 Å². The van der Waals surface area contributed by atoms with E-state index in [1.807, 2.05) is 0 Å². The highest BCUT2D eigenvalue weighted by Crippen LogP contribution is 2.31. The number of β-amino-alcohol motifs (C(OH)–C–C–N with tert-alkyl or cyclic N) is 1. The van der Waals surface area contributed by atoms with Gasteiger partial charge in [0.15, 0.2) is 0 Å². The molecule has 0 aromatic heterocycles. The number of hydrogen-bond donors (Lipinski definition) is 2. The van der Waals surface area contributed by atoms with Gasteiger partial charge in [-0.2, -0.15) is 0 Å². The number of carbonyl (C=O) groups is 2. The highest BCUT2D eigenvalue weighted by atomic mass is 35.5. The van der Waals surface area contributed by atoms with Crippen LogP contribution in [0.3, 0.4) is 0 Å². The van der Waals surface area contributed by atoms with E-state index in [1.165, 1.54) is 17.0 Å². The summed E-state index contributed by atoms with van der Waals surface area (Å²) in [4.78, 5) is 27.0. The van der Waals surface area contributed by atoms with Gasteiger partial charge in [0.2, 0.25) is 0 Å². The summed E-state index contributed by atoms with van der Waals surface area (Å²) in [5, 5.41) is 10.7. The van der Waals surface area contributed by atoms with Crippen molar-refractivity contribution in [2.45, 2.75) is 6.10 Å². The fourth-order valence-electron chi connectivity index (χ4n) is 2.92. The Labute approximate surface area is 143 Å². The lowest BCUT2D eigenvalue weighted by molar-refractivity contribution is -0.910. The summed E-state index contributed by atoms with van der Waals surface area (Å²) >= 11 is 11.8. The molecule has 124 valence electrons.